The van der Waals surface area contributed by atoms with E-state index < -0.39 is 0 Å². The molecule has 6 nitrogen and oxygen atoms in total. The maximum absolute atomic E-state index is 12.3. The molecule has 4 rings (SSSR count). The summed E-state index contributed by atoms with van der Waals surface area (Å²) in [6.07, 6.45) is 0. The molecule has 0 radical (unpaired) electrons. The summed E-state index contributed by atoms with van der Waals surface area (Å²) in [5.41, 5.74) is 1.64. The van der Waals surface area contributed by atoms with E-state index in [-0.39, 0.29) is 18.3 Å². The molecule has 26 heavy (non-hydrogen) atoms. The molecule has 130 valence electrons. The van der Waals surface area contributed by atoms with E-state index in [1.54, 1.807) is 12.1 Å². The van der Waals surface area contributed by atoms with Crippen molar-refractivity contribution in [3.8, 4) is 5.75 Å². The van der Waals surface area contributed by atoms with Crippen LogP contribution in [0.25, 0.3) is 11.0 Å². The fourth-order valence-corrected chi connectivity index (χ4v) is 2.71. The third-order valence-corrected chi connectivity index (χ3v) is 4.23. The lowest BCUT2D eigenvalue weighted by Crippen LogP contribution is -2.12. The van der Waals surface area contributed by atoms with Gasteiger partial charge in [0.25, 0.3) is 5.91 Å². The predicted molar refractivity (Wildman–Crippen MR) is 101 cm³/mol. The Morgan fingerprint density at radius 3 is 2.73 bits per heavy atom. The molecule has 1 amide bonds. The second-order valence-corrected chi connectivity index (χ2v) is 6.48. The Morgan fingerprint density at radius 1 is 1.12 bits per heavy atom. The lowest BCUT2D eigenvalue weighted by atomic mass is 10.3. The van der Waals surface area contributed by atoms with Gasteiger partial charge in [-0.25, -0.2) is 4.98 Å². The number of hydrogen-bond donors (Lipinski definition) is 2. The Bertz CT molecular complexity index is 1020. The molecular formula is C19H14BrN3O3. The molecule has 0 saturated carbocycles. The summed E-state index contributed by atoms with van der Waals surface area (Å²) in [5.74, 6) is 1.47. The van der Waals surface area contributed by atoms with E-state index >= 15 is 0 Å². The lowest BCUT2D eigenvalue weighted by Gasteiger charge is -2.04. The van der Waals surface area contributed by atoms with Crippen molar-refractivity contribution in [2.24, 2.45) is 0 Å². The van der Waals surface area contributed by atoms with Crippen LogP contribution in [0.4, 0.5) is 5.95 Å². The van der Waals surface area contributed by atoms with Crippen molar-refractivity contribution in [2.75, 3.05) is 5.32 Å². The molecule has 7 heteroatoms. The van der Waals surface area contributed by atoms with Gasteiger partial charge in [0.1, 0.15) is 18.1 Å². The van der Waals surface area contributed by atoms with Gasteiger partial charge in [-0.1, -0.05) is 28.1 Å². The highest BCUT2D eigenvalue weighted by Crippen LogP contribution is 2.19. The van der Waals surface area contributed by atoms with Gasteiger partial charge in [-0.2, -0.15) is 0 Å². The number of H-pyrrole nitrogens is 1. The first-order chi connectivity index (χ1) is 12.7. The maximum atomic E-state index is 12.3. The van der Waals surface area contributed by atoms with Crippen molar-refractivity contribution in [3.05, 3.63) is 76.7 Å². The lowest BCUT2D eigenvalue weighted by molar-refractivity contribution is 0.0992. The number of benzene rings is 2. The van der Waals surface area contributed by atoms with Gasteiger partial charge in [-0.3, -0.25) is 10.1 Å². The van der Waals surface area contributed by atoms with Crippen molar-refractivity contribution in [1.82, 2.24) is 9.97 Å². The van der Waals surface area contributed by atoms with Crippen LogP contribution < -0.4 is 10.1 Å². The van der Waals surface area contributed by atoms with E-state index in [2.05, 4.69) is 31.2 Å². The molecule has 0 aliphatic carbocycles. The van der Waals surface area contributed by atoms with E-state index in [0.717, 1.165) is 21.3 Å². The monoisotopic (exact) mass is 411 g/mol. The minimum absolute atomic E-state index is 0.194. The van der Waals surface area contributed by atoms with Crippen LogP contribution in [0.1, 0.15) is 16.3 Å². The Hall–Kier alpha value is -3.06. The standard InChI is InChI=1S/C19H14BrN3O3/c20-12-5-7-13(8-6-12)25-11-14-9-10-17(26-14)18(24)23-19-21-15-3-1-2-4-16(15)22-19/h1-10H,11H2,(H2,21,22,23,24). The summed E-state index contributed by atoms with van der Waals surface area (Å²) in [7, 11) is 0. The van der Waals surface area contributed by atoms with Crippen molar-refractivity contribution < 1.29 is 13.9 Å². The molecule has 0 bridgehead atoms. The third-order valence-electron chi connectivity index (χ3n) is 3.70. The second-order valence-electron chi connectivity index (χ2n) is 5.57. The SMILES string of the molecule is O=C(Nc1nc2ccccc2[nH]1)c1ccc(COc2ccc(Br)cc2)o1. The second kappa shape index (κ2) is 7.05. The topological polar surface area (TPSA) is 80.2 Å². The molecule has 0 atom stereocenters. The Labute approximate surface area is 157 Å². The molecule has 2 aromatic carbocycles. The van der Waals surface area contributed by atoms with Gasteiger partial charge in [0.2, 0.25) is 5.95 Å². The van der Waals surface area contributed by atoms with E-state index in [9.17, 15) is 4.79 Å². The molecule has 0 spiro atoms. The largest absolute Gasteiger partial charge is 0.486 e. The van der Waals surface area contributed by atoms with Crippen LogP contribution in [0.2, 0.25) is 0 Å². The van der Waals surface area contributed by atoms with Gasteiger partial charge in [0.15, 0.2) is 5.76 Å². The van der Waals surface area contributed by atoms with Crippen molar-refractivity contribution in [2.45, 2.75) is 6.61 Å². The zero-order chi connectivity index (χ0) is 17.9. The molecule has 2 heterocycles. The molecular weight excluding hydrogens is 398 g/mol. The molecule has 0 saturated heterocycles. The van der Waals surface area contributed by atoms with Crippen molar-refractivity contribution in [3.63, 3.8) is 0 Å². The molecule has 0 unspecified atom stereocenters. The number of ether oxygens (including phenoxy) is 1. The van der Waals surface area contributed by atoms with Gasteiger partial charge in [-0.05, 0) is 48.5 Å². The maximum Gasteiger partial charge on any atom is 0.293 e. The van der Waals surface area contributed by atoms with Crippen LogP contribution in [-0.2, 0) is 6.61 Å². The Morgan fingerprint density at radius 2 is 1.92 bits per heavy atom. The fourth-order valence-electron chi connectivity index (χ4n) is 2.44. The minimum Gasteiger partial charge on any atom is -0.486 e. The normalized spacial score (nSPS) is 10.8. The molecule has 0 aliphatic heterocycles. The number of anilines is 1. The third kappa shape index (κ3) is 3.62. The van der Waals surface area contributed by atoms with Gasteiger partial charge in [0, 0.05) is 4.47 Å². The number of nitrogens with zero attached hydrogens (tertiary/aromatic N) is 1. The number of amides is 1. The summed E-state index contributed by atoms with van der Waals surface area (Å²) < 4.78 is 12.2. The number of hydrogen-bond acceptors (Lipinski definition) is 4. The van der Waals surface area contributed by atoms with Crippen LogP contribution in [0.5, 0.6) is 5.75 Å². The number of carbonyl (C=O) groups is 1. The number of para-hydroxylation sites is 2. The fraction of sp³-hybridized carbons (Fsp3) is 0.0526. The highest BCUT2D eigenvalue weighted by Gasteiger charge is 2.14. The van der Waals surface area contributed by atoms with Crippen molar-refractivity contribution in [1.29, 1.82) is 0 Å². The number of aromatic nitrogens is 2. The number of fused-ring (bicyclic) bond motifs is 1. The quantitative estimate of drug-likeness (QED) is 0.496. The smallest absolute Gasteiger partial charge is 0.293 e. The first-order valence-electron chi connectivity index (χ1n) is 7.90. The van der Waals surface area contributed by atoms with E-state index in [0.29, 0.717) is 11.7 Å². The average Bonchev–Trinajstić information content (AvgIpc) is 3.27. The number of imidazole rings is 1. The van der Waals surface area contributed by atoms with E-state index in [1.807, 2.05) is 48.5 Å². The molecule has 4 aromatic rings. The highest BCUT2D eigenvalue weighted by atomic mass is 79.9. The first-order valence-corrected chi connectivity index (χ1v) is 8.70. The van der Waals surface area contributed by atoms with Gasteiger partial charge < -0.3 is 14.1 Å². The molecule has 2 N–H and O–H groups in total. The van der Waals surface area contributed by atoms with Crippen molar-refractivity contribution >= 4 is 38.8 Å². The van der Waals surface area contributed by atoms with Gasteiger partial charge in [-0.15, -0.1) is 0 Å². The van der Waals surface area contributed by atoms with Crippen LogP contribution in [-0.4, -0.2) is 15.9 Å². The number of halogens is 1. The summed E-state index contributed by atoms with van der Waals surface area (Å²) >= 11 is 3.37. The number of aromatic amines is 1. The summed E-state index contributed by atoms with van der Waals surface area (Å²) in [6.45, 7) is 0.236. The average molecular weight is 412 g/mol. The van der Waals surface area contributed by atoms with Crippen LogP contribution in [0.3, 0.4) is 0 Å². The van der Waals surface area contributed by atoms with Crippen LogP contribution >= 0.6 is 15.9 Å². The molecule has 0 fully saturated rings. The van der Waals surface area contributed by atoms with E-state index in [1.165, 1.54) is 0 Å². The number of rotatable bonds is 5. The molecule has 0 aliphatic rings. The molecule has 2 aromatic heterocycles. The summed E-state index contributed by atoms with van der Waals surface area (Å²) in [4.78, 5) is 19.7. The summed E-state index contributed by atoms with van der Waals surface area (Å²) in [5, 5.41) is 2.70. The highest BCUT2D eigenvalue weighted by molar-refractivity contribution is 9.10. The Kier molecular flexibility index (Phi) is 4.45. The first kappa shape index (κ1) is 16.4. The van der Waals surface area contributed by atoms with Gasteiger partial charge in [0.05, 0.1) is 11.0 Å². The van der Waals surface area contributed by atoms with Crippen LogP contribution in [0.15, 0.2) is 69.6 Å². The number of furan rings is 1. The number of carbonyl (C=O) groups excluding carboxylic acids is 1. The zero-order valence-electron chi connectivity index (χ0n) is 13.5. The number of nitrogens with one attached hydrogen (secondary N) is 2. The predicted octanol–water partition coefficient (Wildman–Crippen LogP) is 4.75. The zero-order valence-corrected chi connectivity index (χ0v) is 15.1. The van der Waals surface area contributed by atoms with Gasteiger partial charge >= 0.3 is 0 Å². The van der Waals surface area contributed by atoms with Crippen LogP contribution in [0, 0.1) is 0 Å². The summed E-state index contributed by atoms with van der Waals surface area (Å²) in [6, 6.07) is 18.4. The van der Waals surface area contributed by atoms with E-state index in [4.69, 9.17) is 9.15 Å². The Balaban J connectivity index is 1.40. The minimum atomic E-state index is -0.376.